The molecule has 5 heteroatoms. The first-order chi connectivity index (χ1) is 7.44. The number of rotatable bonds is 4. The molecule has 1 aliphatic rings. The van der Waals surface area contributed by atoms with Crippen molar-refractivity contribution in [1.82, 2.24) is 10.6 Å². The second-order valence-corrected chi connectivity index (χ2v) is 4.81. The van der Waals surface area contributed by atoms with Crippen LogP contribution in [0.2, 0.25) is 0 Å². The molecule has 5 nitrogen and oxygen atoms in total. The third-order valence-corrected chi connectivity index (χ3v) is 3.00. The first-order valence-corrected chi connectivity index (χ1v) is 5.67. The van der Waals surface area contributed by atoms with Gasteiger partial charge in [0, 0.05) is 12.6 Å². The van der Waals surface area contributed by atoms with Crippen LogP contribution in [0.25, 0.3) is 0 Å². The molecule has 0 spiro atoms. The highest BCUT2D eigenvalue weighted by Crippen LogP contribution is 2.25. The van der Waals surface area contributed by atoms with Crippen LogP contribution in [0.4, 0.5) is 0 Å². The van der Waals surface area contributed by atoms with Crippen LogP contribution in [-0.2, 0) is 9.59 Å². The summed E-state index contributed by atoms with van der Waals surface area (Å²) in [6.45, 7) is 5.25. The zero-order valence-electron chi connectivity index (χ0n) is 9.88. The number of hydrogen-bond acceptors (Lipinski definition) is 3. The van der Waals surface area contributed by atoms with Crippen LogP contribution in [0.1, 0.15) is 33.1 Å². The number of carboxylic acid groups (broad SMARTS) is 1. The number of piperidine rings is 1. The molecule has 0 aromatic rings. The van der Waals surface area contributed by atoms with Crippen LogP contribution in [0, 0.1) is 5.41 Å². The van der Waals surface area contributed by atoms with Crippen LogP contribution in [0.15, 0.2) is 0 Å². The van der Waals surface area contributed by atoms with Crippen LogP contribution in [0.5, 0.6) is 0 Å². The Hall–Kier alpha value is -1.10. The van der Waals surface area contributed by atoms with Gasteiger partial charge in [-0.3, -0.25) is 9.59 Å². The number of aliphatic carboxylic acids is 1. The molecule has 3 N–H and O–H groups in total. The Bertz CT molecular complexity index is 272. The molecule has 1 rings (SSSR count). The summed E-state index contributed by atoms with van der Waals surface area (Å²) >= 11 is 0. The van der Waals surface area contributed by atoms with Gasteiger partial charge in [0.1, 0.15) is 0 Å². The monoisotopic (exact) mass is 228 g/mol. The maximum atomic E-state index is 12.0. The zero-order valence-corrected chi connectivity index (χ0v) is 9.88. The van der Waals surface area contributed by atoms with Crippen molar-refractivity contribution in [3.8, 4) is 0 Å². The molecule has 0 bridgehead atoms. The zero-order chi connectivity index (χ0) is 12.2. The van der Waals surface area contributed by atoms with Crippen LogP contribution >= 0.6 is 0 Å². The first kappa shape index (κ1) is 13.0. The van der Waals surface area contributed by atoms with E-state index in [9.17, 15) is 9.59 Å². The number of amides is 1. The highest BCUT2D eigenvalue weighted by molar-refractivity contribution is 5.83. The summed E-state index contributed by atoms with van der Waals surface area (Å²) in [6.07, 6.45) is 1.80. The predicted molar refractivity (Wildman–Crippen MR) is 60.1 cm³/mol. The second-order valence-electron chi connectivity index (χ2n) is 4.81. The van der Waals surface area contributed by atoms with Crippen molar-refractivity contribution in [3.05, 3.63) is 0 Å². The second kappa shape index (κ2) is 5.30. The summed E-state index contributed by atoms with van der Waals surface area (Å²) in [6, 6.07) is -0.316. The van der Waals surface area contributed by atoms with E-state index in [1.54, 1.807) is 6.92 Å². The minimum absolute atomic E-state index is 0.0325. The molecule has 92 valence electrons. The molecule has 0 aromatic heterocycles. The quantitative estimate of drug-likeness (QED) is 0.649. The summed E-state index contributed by atoms with van der Waals surface area (Å²) in [5, 5.41) is 14.6. The van der Waals surface area contributed by atoms with Crippen LogP contribution in [0.3, 0.4) is 0 Å². The average molecular weight is 228 g/mol. The standard InChI is InChI=1S/C11H20N2O3/c1-8(6-9(14)15)13-10(16)11(2)4-3-5-12-7-11/h8,12H,3-7H2,1-2H3,(H,13,16)(H,14,15). The lowest BCUT2D eigenvalue weighted by atomic mass is 9.81. The smallest absolute Gasteiger partial charge is 0.305 e. The van der Waals surface area contributed by atoms with Gasteiger partial charge in [-0.1, -0.05) is 0 Å². The summed E-state index contributed by atoms with van der Waals surface area (Å²) in [7, 11) is 0. The van der Waals surface area contributed by atoms with E-state index in [1.165, 1.54) is 0 Å². The van der Waals surface area contributed by atoms with E-state index in [0.29, 0.717) is 6.54 Å². The van der Waals surface area contributed by atoms with E-state index in [-0.39, 0.29) is 18.4 Å². The fourth-order valence-electron chi connectivity index (χ4n) is 1.96. The third-order valence-electron chi connectivity index (χ3n) is 3.00. The molecule has 0 saturated carbocycles. The van der Waals surface area contributed by atoms with Crippen molar-refractivity contribution in [2.24, 2.45) is 5.41 Å². The van der Waals surface area contributed by atoms with Gasteiger partial charge >= 0.3 is 5.97 Å². The number of carbonyl (C=O) groups is 2. The van der Waals surface area contributed by atoms with Crippen LogP contribution in [-0.4, -0.2) is 36.1 Å². The van der Waals surface area contributed by atoms with E-state index in [4.69, 9.17) is 5.11 Å². The summed E-state index contributed by atoms with van der Waals surface area (Å²) < 4.78 is 0. The topological polar surface area (TPSA) is 78.4 Å². The lowest BCUT2D eigenvalue weighted by Crippen LogP contribution is -2.50. The van der Waals surface area contributed by atoms with E-state index in [2.05, 4.69) is 10.6 Å². The van der Waals surface area contributed by atoms with Crippen molar-refractivity contribution in [2.45, 2.75) is 39.2 Å². The molecule has 1 aliphatic heterocycles. The maximum absolute atomic E-state index is 12.0. The lowest BCUT2D eigenvalue weighted by molar-refractivity contribution is -0.138. The first-order valence-electron chi connectivity index (χ1n) is 5.67. The molecule has 0 aromatic carbocycles. The molecular formula is C11H20N2O3. The minimum Gasteiger partial charge on any atom is -0.481 e. The molecule has 1 heterocycles. The predicted octanol–water partition coefficient (Wildman–Crippen LogP) is 0.355. The fraction of sp³-hybridized carbons (Fsp3) is 0.818. The molecule has 16 heavy (non-hydrogen) atoms. The van der Waals surface area contributed by atoms with Crippen molar-refractivity contribution in [3.63, 3.8) is 0 Å². The Morgan fingerprint density at radius 3 is 2.75 bits per heavy atom. The van der Waals surface area contributed by atoms with E-state index in [0.717, 1.165) is 19.4 Å². The van der Waals surface area contributed by atoms with Gasteiger partial charge in [0.15, 0.2) is 0 Å². The van der Waals surface area contributed by atoms with Gasteiger partial charge in [-0.25, -0.2) is 0 Å². The number of hydrogen-bond donors (Lipinski definition) is 3. The number of carbonyl (C=O) groups excluding carboxylic acids is 1. The minimum atomic E-state index is -0.889. The van der Waals surface area contributed by atoms with Gasteiger partial charge in [0.05, 0.1) is 11.8 Å². The maximum Gasteiger partial charge on any atom is 0.305 e. The largest absolute Gasteiger partial charge is 0.481 e. The Morgan fingerprint density at radius 1 is 1.56 bits per heavy atom. The molecular weight excluding hydrogens is 208 g/mol. The molecule has 0 aliphatic carbocycles. The summed E-state index contributed by atoms with van der Waals surface area (Å²) in [5.41, 5.74) is -0.398. The Labute approximate surface area is 95.6 Å². The van der Waals surface area contributed by atoms with E-state index in [1.807, 2.05) is 6.92 Å². The van der Waals surface area contributed by atoms with Gasteiger partial charge in [-0.05, 0) is 33.2 Å². The SMILES string of the molecule is CC(CC(=O)O)NC(=O)C1(C)CCCNC1. The fourth-order valence-corrected chi connectivity index (χ4v) is 1.96. The molecule has 2 unspecified atom stereocenters. The van der Waals surface area contributed by atoms with E-state index >= 15 is 0 Å². The Morgan fingerprint density at radius 2 is 2.25 bits per heavy atom. The van der Waals surface area contributed by atoms with Gasteiger partial charge in [0.25, 0.3) is 0 Å². The number of carboxylic acids is 1. The van der Waals surface area contributed by atoms with Gasteiger partial charge in [-0.15, -0.1) is 0 Å². The number of nitrogens with one attached hydrogen (secondary N) is 2. The lowest BCUT2D eigenvalue weighted by Gasteiger charge is -2.33. The summed E-state index contributed by atoms with van der Waals surface area (Å²) in [5.74, 6) is -0.937. The molecule has 1 fully saturated rings. The van der Waals surface area contributed by atoms with Crippen molar-refractivity contribution in [2.75, 3.05) is 13.1 Å². The molecule has 1 saturated heterocycles. The van der Waals surface area contributed by atoms with Gasteiger partial charge in [-0.2, -0.15) is 0 Å². The Kier molecular flexibility index (Phi) is 4.29. The average Bonchev–Trinajstić information content (AvgIpc) is 2.17. The van der Waals surface area contributed by atoms with Crippen molar-refractivity contribution >= 4 is 11.9 Å². The van der Waals surface area contributed by atoms with Crippen molar-refractivity contribution < 1.29 is 14.7 Å². The van der Waals surface area contributed by atoms with Crippen molar-refractivity contribution in [1.29, 1.82) is 0 Å². The third kappa shape index (κ3) is 3.48. The van der Waals surface area contributed by atoms with E-state index < -0.39 is 11.4 Å². The Balaban J connectivity index is 2.47. The molecule has 2 atom stereocenters. The normalized spacial score (nSPS) is 27.1. The highest BCUT2D eigenvalue weighted by Gasteiger charge is 2.35. The molecule has 1 amide bonds. The van der Waals surface area contributed by atoms with Crippen LogP contribution < -0.4 is 10.6 Å². The summed E-state index contributed by atoms with van der Waals surface area (Å²) in [4.78, 5) is 22.5. The van der Waals surface area contributed by atoms with Gasteiger partial charge in [0.2, 0.25) is 5.91 Å². The highest BCUT2D eigenvalue weighted by atomic mass is 16.4. The molecule has 0 radical (unpaired) electrons. The van der Waals surface area contributed by atoms with Gasteiger partial charge < -0.3 is 15.7 Å².